The first-order chi connectivity index (χ1) is 4.56. The summed E-state index contributed by atoms with van der Waals surface area (Å²) in [5.41, 5.74) is 0. The molecule has 12 heavy (non-hydrogen) atoms. The molecule has 0 aliphatic rings. The van der Waals surface area contributed by atoms with Gasteiger partial charge in [-0.2, -0.15) is 0 Å². The molecule has 0 heterocycles. The van der Waals surface area contributed by atoms with Crippen molar-refractivity contribution in [2.45, 2.75) is 19.3 Å². The van der Waals surface area contributed by atoms with E-state index in [4.69, 9.17) is 32.8 Å². The van der Waals surface area contributed by atoms with E-state index in [1.54, 1.807) is 0 Å². The Morgan fingerprint density at radius 3 is 1.33 bits per heavy atom. The van der Waals surface area contributed by atoms with Gasteiger partial charge in [-0.1, -0.05) is 6.92 Å². The minimum atomic E-state index is -5.17. The molecule has 79 valence electrons. The van der Waals surface area contributed by atoms with Crippen LogP contribution in [0.4, 0.5) is 0 Å². The Balaban J connectivity index is -0.000000126. The summed E-state index contributed by atoms with van der Waals surface area (Å²) in [6, 6.07) is 0. The summed E-state index contributed by atoms with van der Waals surface area (Å²) in [6.07, 6.45) is -0.0625. The van der Waals surface area contributed by atoms with E-state index in [2.05, 4.69) is 0 Å². The fourth-order valence-electron chi connectivity index (χ4n) is 0. The summed E-state index contributed by atoms with van der Waals surface area (Å²) in [5.74, 6) is -2.46. The second-order valence-electron chi connectivity index (χ2n) is 1.54. The van der Waals surface area contributed by atoms with Crippen molar-refractivity contribution in [1.82, 2.24) is 0 Å². The van der Waals surface area contributed by atoms with Gasteiger partial charge in [-0.15, -0.1) is 0 Å². The van der Waals surface area contributed by atoms with Gasteiger partial charge in [0.25, 0.3) is 5.97 Å². The van der Waals surface area contributed by atoms with Crippen LogP contribution in [0.3, 0.4) is 0 Å². The molecular weight excluding hydrogens is 244 g/mol. The second-order valence-corrected chi connectivity index (χ2v) is 2.35. The van der Waals surface area contributed by atoms with Crippen molar-refractivity contribution in [3.8, 4) is 0 Å². The Hall–Kier alpha value is 0.269. The van der Waals surface area contributed by atoms with E-state index in [-0.39, 0.29) is 23.5 Å². The van der Waals surface area contributed by atoms with Crippen LogP contribution in [-0.2, 0) is 27.5 Å². The maximum atomic E-state index is 8.52. The first-order valence-electron chi connectivity index (χ1n) is 2.40. The van der Waals surface area contributed by atoms with Crippen LogP contribution in [0.25, 0.3) is 0 Å². The number of aliphatic hydroxyl groups is 3. The normalized spacial score (nSPS) is 10.8. The molecule has 0 fully saturated rings. The van der Waals surface area contributed by atoms with Crippen LogP contribution in [-0.4, -0.2) is 38.8 Å². The summed E-state index contributed by atoms with van der Waals surface area (Å²) in [6.45, 7) is 1.46. The van der Waals surface area contributed by atoms with Crippen LogP contribution in [0.15, 0.2) is 0 Å². The molecule has 0 saturated carbocycles. The monoisotopic (exact) mass is 251 g/mol. The average Bonchev–Trinajstić information content (AvgIpc) is 1.59. The quantitative estimate of drug-likeness (QED) is 0.206. The van der Waals surface area contributed by atoms with Gasteiger partial charge in [-0.25, -0.2) is 0 Å². The van der Waals surface area contributed by atoms with Crippen LogP contribution < -0.4 is 0 Å². The Kier molecular flexibility index (Phi) is 10.2. The summed E-state index contributed by atoms with van der Waals surface area (Å²) >= 11 is 0. The largest absolute Gasteiger partial charge is 2.00 e. The van der Waals surface area contributed by atoms with Crippen molar-refractivity contribution < 1.29 is 49.9 Å². The zero-order valence-corrected chi connectivity index (χ0v) is 7.65. The van der Waals surface area contributed by atoms with Gasteiger partial charge in [0.05, 0.1) is 0 Å². The molecule has 0 aromatic heterocycles. The molecule has 0 rings (SSSR count). The molecule has 0 aromatic rings. The third-order valence-electron chi connectivity index (χ3n) is 0.474. The molecule has 9 heteroatoms. The van der Waals surface area contributed by atoms with Gasteiger partial charge in [0, 0.05) is 16.8 Å². The van der Waals surface area contributed by atoms with Crippen LogP contribution in [0.1, 0.15) is 13.3 Å². The van der Waals surface area contributed by atoms with Crippen molar-refractivity contribution in [2.24, 2.45) is 0 Å². The zero-order chi connectivity index (χ0) is 9.71. The first-order valence-corrected chi connectivity index (χ1v) is 3.73. The van der Waals surface area contributed by atoms with E-state index in [1.807, 2.05) is 0 Å². The number of rotatable bonds is 1. The second kappa shape index (κ2) is 6.75. The Bertz CT molecular complexity index is 171. The van der Waals surface area contributed by atoms with Crippen LogP contribution in [0, 0.1) is 0 Å². The first kappa shape index (κ1) is 18.1. The molecule has 0 aliphatic heterocycles. The van der Waals surface area contributed by atoms with Crippen LogP contribution in [0.2, 0.25) is 0 Å². The molecule has 0 bridgehead atoms. The van der Waals surface area contributed by atoms with E-state index in [1.165, 1.54) is 6.92 Å². The number of hydrogen-bond acceptors (Lipinski definition) is 7. The van der Waals surface area contributed by atoms with Crippen molar-refractivity contribution >= 4 is 10.4 Å². The maximum absolute atomic E-state index is 8.52. The van der Waals surface area contributed by atoms with Gasteiger partial charge >= 0.3 is 17.1 Å². The smallest absolute Gasteiger partial charge is 0.759 e. The van der Waals surface area contributed by atoms with Gasteiger partial charge in [0.2, 0.25) is 0 Å². The predicted octanol–water partition coefficient (Wildman–Crippen LogP) is -2.31. The fraction of sp³-hybridized carbons (Fsp3) is 1.00. The van der Waals surface area contributed by atoms with E-state index < -0.39 is 16.4 Å². The molecule has 0 unspecified atom stereocenters. The molecule has 0 spiro atoms. The van der Waals surface area contributed by atoms with Crippen LogP contribution >= 0.6 is 0 Å². The third-order valence-corrected chi connectivity index (χ3v) is 0.474. The van der Waals surface area contributed by atoms with Crippen molar-refractivity contribution in [3.05, 3.63) is 0 Å². The van der Waals surface area contributed by atoms with E-state index >= 15 is 0 Å². The molecule has 1 radical (unpaired) electrons. The summed E-state index contributed by atoms with van der Waals surface area (Å²) < 4.78 is 34.1. The van der Waals surface area contributed by atoms with E-state index in [9.17, 15) is 0 Å². The van der Waals surface area contributed by atoms with Crippen LogP contribution in [0.5, 0.6) is 0 Å². The third kappa shape index (κ3) is 82.5. The molecule has 0 aromatic carbocycles. The maximum Gasteiger partial charge on any atom is 2.00 e. The zero-order valence-electron chi connectivity index (χ0n) is 5.89. The van der Waals surface area contributed by atoms with Gasteiger partial charge in [0.15, 0.2) is 0 Å². The van der Waals surface area contributed by atoms with Crippen molar-refractivity contribution in [3.63, 3.8) is 0 Å². The summed E-state index contributed by atoms with van der Waals surface area (Å²) in [5, 5.41) is 23.8. The van der Waals surface area contributed by atoms with Gasteiger partial charge in [-0.3, -0.25) is 8.42 Å². The molecular formula is C3H8CuO7S. The Labute approximate surface area is 80.1 Å². The van der Waals surface area contributed by atoms with Gasteiger partial charge in [0.1, 0.15) is 0 Å². The fourth-order valence-corrected chi connectivity index (χ4v) is 0. The Morgan fingerprint density at radius 2 is 1.33 bits per heavy atom. The molecule has 0 amide bonds. The standard InChI is InChI=1S/C3H8O3.Cu.H2O4S/c1-2-3(4,5)6;;1-5(2,3)4/h4-6H,2H2,1H3;;(H2,1,2,3,4)/q;+2;/p-2. The Morgan fingerprint density at radius 1 is 1.25 bits per heavy atom. The van der Waals surface area contributed by atoms with Gasteiger partial charge < -0.3 is 24.4 Å². The summed E-state index contributed by atoms with van der Waals surface area (Å²) in [4.78, 5) is 0. The average molecular weight is 252 g/mol. The summed E-state index contributed by atoms with van der Waals surface area (Å²) in [7, 11) is -5.17. The molecule has 0 aliphatic carbocycles. The SMILES string of the molecule is CCC(O)(O)O.O=S(=O)([O-])[O-].[Cu+2]. The molecule has 7 nitrogen and oxygen atoms in total. The van der Waals surface area contributed by atoms with E-state index in [0.717, 1.165) is 0 Å². The molecule has 0 saturated heterocycles. The van der Waals surface area contributed by atoms with E-state index in [0.29, 0.717) is 0 Å². The van der Waals surface area contributed by atoms with Crippen molar-refractivity contribution in [2.75, 3.05) is 0 Å². The molecule has 3 N–H and O–H groups in total. The topological polar surface area (TPSA) is 141 Å². The minimum absolute atomic E-state index is 0. The van der Waals surface area contributed by atoms with Gasteiger partial charge in [-0.05, 0) is 0 Å². The minimum Gasteiger partial charge on any atom is -0.759 e. The van der Waals surface area contributed by atoms with Crippen molar-refractivity contribution in [1.29, 1.82) is 0 Å². The predicted molar refractivity (Wildman–Crippen MR) is 30.2 cm³/mol. The molecule has 0 atom stereocenters. The number of hydrogen-bond donors (Lipinski definition) is 3.